The summed E-state index contributed by atoms with van der Waals surface area (Å²) in [4.78, 5) is 29.1. The molecule has 152 valence electrons. The van der Waals surface area contributed by atoms with Crippen LogP contribution in [0.4, 0.5) is 5.69 Å². The first kappa shape index (κ1) is 19.6. The lowest BCUT2D eigenvalue weighted by Gasteiger charge is -2.13. The number of amides is 2. The zero-order valence-electron chi connectivity index (χ0n) is 16.9. The number of furan rings is 1. The van der Waals surface area contributed by atoms with E-state index in [-0.39, 0.29) is 17.6 Å². The van der Waals surface area contributed by atoms with Gasteiger partial charge in [-0.3, -0.25) is 14.6 Å². The Balaban J connectivity index is 1.57. The van der Waals surface area contributed by atoms with Gasteiger partial charge >= 0.3 is 0 Å². The summed E-state index contributed by atoms with van der Waals surface area (Å²) in [6.45, 7) is 3.77. The van der Waals surface area contributed by atoms with Crippen molar-refractivity contribution in [3.05, 3.63) is 82.6 Å². The molecule has 3 aromatic rings. The van der Waals surface area contributed by atoms with E-state index in [0.29, 0.717) is 17.7 Å². The van der Waals surface area contributed by atoms with Crippen LogP contribution in [0, 0.1) is 13.8 Å². The Morgan fingerprint density at radius 3 is 2.63 bits per heavy atom. The maximum absolute atomic E-state index is 12.7. The average Bonchev–Trinajstić information content (AvgIpc) is 3.10. The first-order valence-electron chi connectivity index (χ1n) is 9.80. The van der Waals surface area contributed by atoms with E-state index < -0.39 is 0 Å². The minimum Gasteiger partial charge on any atom is -0.455 e. The van der Waals surface area contributed by atoms with Crippen LogP contribution in [0.3, 0.4) is 0 Å². The van der Waals surface area contributed by atoms with Crippen molar-refractivity contribution in [3.8, 4) is 0 Å². The third-order valence-corrected chi connectivity index (χ3v) is 5.04. The van der Waals surface area contributed by atoms with Gasteiger partial charge in [-0.1, -0.05) is 17.7 Å². The molecule has 0 spiro atoms. The second kappa shape index (κ2) is 8.32. The number of nitrogens with zero attached hydrogens (tertiary/aromatic N) is 2. The van der Waals surface area contributed by atoms with Gasteiger partial charge in [0.1, 0.15) is 5.76 Å². The molecule has 1 aliphatic carbocycles. The zero-order chi connectivity index (χ0) is 21.1. The van der Waals surface area contributed by atoms with Crippen LogP contribution in [0.1, 0.15) is 56.2 Å². The third kappa shape index (κ3) is 4.00. The van der Waals surface area contributed by atoms with Crippen LogP contribution >= 0.6 is 0 Å². The molecule has 2 heterocycles. The number of hydrazone groups is 1. The summed E-state index contributed by atoms with van der Waals surface area (Å²) in [5.41, 5.74) is 7.10. The highest BCUT2D eigenvalue weighted by molar-refractivity contribution is 6.09. The Hall–Kier alpha value is -3.74. The molecule has 1 aromatic carbocycles. The van der Waals surface area contributed by atoms with Crippen LogP contribution < -0.4 is 10.7 Å². The molecule has 4 rings (SSSR count). The molecule has 0 unspecified atom stereocenters. The van der Waals surface area contributed by atoms with Gasteiger partial charge in [0.15, 0.2) is 5.76 Å². The van der Waals surface area contributed by atoms with E-state index in [1.54, 1.807) is 30.6 Å². The fourth-order valence-corrected chi connectivity index (χ4v) is 3.59. The number of hydrogen-bond donors (Lipinski definition) is 2. The fraction of sp³-hybridized carbons (Fsp3) is 0.217. The van der Waals surface area contributed by atoms with Gasteiger partial charge in [-0.2, -0.15) is 5.10 Å². The van der Waals surface area contributed by atoms with Gasteiger partial charge in [-0.15, -0.1) is 0 Å². The maximum atomic E-state index is 12.7. The molecule has 0 bridgehead atoms. The number of benzene rings is 1. The van der Waals surface area contributed by atoms with E-state index >= 15 is 0 Å². The standard InChI is InChI=1S/C23H22N4O3/c1-14-5-3-6-16(13-14)22(28)27-26-18-7-4-8-19-20(18)15(2)21(30-19)23(29)25-17-9-11-24-12-10-17/h3,5-6,9-13H,4,7-8H2,1-2H3,(H,27,28)(H,24,25,29)/b26-18+. The quantitative estimate of drug-likeness (QED) is 0.644. The number of carbonyl (C=O) groups excluding carboxylic acids is 2. The minimum absolute atomic E-state index is 0.261. The van der Waals surface area contributed by atoms with Crippen molar-refractivity contribution in [2.75, 3.05) is 5.32 Å². The summed E-state index contributed by atoms with van der Waals surface area (Å²) >= 11 is 0. The molecule has 0 fully saturated rings. The van der Waals surface area contributed by atoms with Crippen molar-refractivity contribution in [2.45, 2.75) is 33.1 Å². The average molecular weight is 402 g/mol. The Labute approximate surface area is 174 Å². The van der Waals surface area contributed by atoms with Crippen molar-refractivity contribution >= 4 is 23.2 Å². The minimum atomic E-state index is -0.323. The summed E-state index contributed by atoms with van der Waals surface area (Å²) < 4.78 is 5.89. The molecule has 7 nitrogen and oxygen atoms in total. The molecule has 0 saturated heterocycles. The first-order chi connectivity index (χ1) is 14.5. The van der Waals surface area contributed by atoms with Crippen LogP contribution in [0.5, 0.6) is 0 Å². The van der Waals surface area contributed by atoms with Crippen LogP contribution in [0.25, 0.3) is 0 Å². The number of pyridine rings is 1. The number of fused-ring (bicyclic) bond motifs is 1. The van der Waals surface area contributed by atoms with Crippen molar-refractivity contribution < 1.29 is 14.0 Å². The van der Waals surface area contributed by atoms with E-state index in [9.17, 15) is 9.59 Å². The van der Waals surface area contributed by atoms with E-state index in [2.05, 4.69) is 20.8 Å². The second-order valence-electron chi connectivity index (χ2n) is 7.27. The van der Waals surface area contributed by atoms with Gasteiger partial charge in [-0.05, 0) is 51.0 Å². The molecular formula is C23H22N4O3. The number of aromatic nitrogens is 1. The molecule has 0 atom stereocenters. The molecule has 0 aliphatic heterocycles. The number of anilines is 1. The summed E-state index contributed by atoms with van der Waals surface area (Å²) in [6, 6.07) is 10.8. The van der Waals surface area contributed by atoms with Crippen LogP contribution in [0.2, 0.25) is 0 Å². The summed E-state index contributed by atoms with van der Waals surface area (Å²) in [5, 5.41) is 7.18. The Kier molecular flexibility index (Phi) is 5.43. The van der Waals surface area contributed by atoms with Gasteiger partial charge in [0.05, 0.1) is 5.71 Å². The summed E-state index contributed by atoms with van der Waals surface area (Å²) in [5.74, 6) is 0.393. The van der Waals surface area contributed by atoms with Crippen molar-refractivity contribution in [3.63, 3.8) is 0 Å². The van der Waals surface area contributed by atoms with Crippen LogP contribution in [-0.4, -0.2) is 22.5 Å². The zero-order valence-corrected chi connectivity index (χ0v) is 16.9. The third-order valence-electron chi connectivity index (χ3n) is 5.04. The normalized spacial score (nSPS) is 14.3. The van der Waals surface area contributed by atoms with Crippen molar-refractivity contribution in [2.24, 2.45) is 5.10 Å². The molecule has 30 heavy (non-hydrogen) atoms. The van der Waals surface area contributed by atoms with Crippen molar-refractivity contribution in [1.82, 2.24) is 10.4 Å². The number of rotatable bonds is 4. The van der Waals surface area contributed by atoms with Gasteiger partial charge in [0.2, 0.25) is 0 Å². The Bertz CT molecular complexity index is 1130. The largest absolute Gasteiger partial charge is 0.455 e. The maximum Gasteiger partial charge on any atom is 0.291 e. The highest BCUT2D eigenvalue weighted by atomic mass is 16.4. The van der Waals surface area contributed by atoms with Gasteiger partial charge in [0.25, 0.3) is 11.8 Å². The molecule has 0 radical (unpaired) electrons. The van der Waals surface area contributed by atoms with Crippen LogP contribution in [-0.2, 0) is 6.42 Å². The molecule has 0 saturated carbocycles. The van der Waals surface area contributed by atoms with Crippen LogP contribution in [0.15, 0.2) is 58.3 Å². The molecule has 7 heteroatoms. The lowest BCUT2D eigenvalue weighted by Crippen LogP contribution is -2.22. The number of hydrogen-bond acceptors (Lipinski definition) is 5. The van der Waals surface area contributed by atoms with E-state index in [0.717, 1.165) is 41.0 Å². The molecule has 2 aromatic heterocycles. The molecule has 2 amide bonds. The van der Waals surface area contributed by atoms with E-state index in [4.69, 9.17) is 4.42 Å². The summed E-state index contributed by atoms with van der Waals surface area (Å²) in [7, 11) is 0. The monoisotopic (exact) mass is 402 g/mol. The number of carbonyl (C=O) groups is 2. The fourth-order valence-electron chi connectivity index (χ4n) is 3.59. The summed E-state index contributed by atoms with van der Waals surface area (Å²) in [6.07, 6.45) is 5.48. The topological polar surface area (TPSA) is 96.6 Å². The predicted octanol–water partition coefficient (Wildman–Crippen LogP) is 4.01. The van der Waals surface area contributed by atoms with E-state index in [1.807, 2.05) is 32.0 Å². The highest BCUT2D eigenvalue weighted by Gasteiger charge is 2.28. The van der Waals surface area contributed by atoms with Gasteiger partial charge in [-0.25, -0.2) is 5.43 Å². The predicted molar refractivity (Wildman–Crippen MR) is 114 cm³/mol. The molecule has 2 N–H and O–H groups in total. The number of aryl methyl sites for hydroxylation is 2. The second-order valence-corrected chi connectivity index (χ2v) is 7.27. The van der Waals surface area contributed by atoms with Gasteiger partial charge in [0, 0.05) is 41.2 Å². The Morgan fingerprint density at radius 1 is 1.07 bits per heavy atom. The highest BCUT2D eigenvalue weighted by Crippen LogP contribution is 2.30. The van der Waals surface area contributed by atoms with Crippen molar-refractivity contribution in [1.29, 1.82) is 0 Å². The molecule has 1 aliphatic rings. The SMILES string of the molecule is Cc1cccc(C(=O)N/N=C2\CCCc3oc(C(=O)Nc4ccncc4)c(C)c32)c1. The smallest absolute Gasteiger partial charge is 0.291 e. The number of nitrogens with one attached hydrogen (secondary N) is 2. The first-order valence-corrected chi connectivity index (χ1v) is 9.80. The lowest BCUT2D eigenvalue weighted by atomic mass is 9.93. The molecular weight excluding hydrogens is 380 g/mol. The van der Waals surface area contributed by atoms with E-state index in [1.165, 1.54) is 0 Å². The Morgan fingerprint density at radius 2 is 1.87 bits per heavy atom. The van der Waals surface area contributed by atoms with Gasteiger partial charge < -0.3 is 9.73 Å². The lowest BCUT2D eigenvalue weighted by molar-refractivity contribution is 0.0953.